The van der Waals surface area contributed by atoms with Crippen molar-refractivity contribution >= 4 is 17.7 Å². The van der Waals surface area contributed by atoms with Crippen molar-refractivity contribution in [2.24, 2.45) is 5.73 Å². The van der Waals surface area contributed by atoms with Crippen LogP contribution in [0.3, 0.4) is 0 Å². The Hall–Kier alpha value is -0.220. The second kappa shape index (κ2) is 6.30. The number of nitrogens with two attached hydrogens (primary N) is 1. The third-order valence-corrected chi connectivity index (χ3v) is 3.43. The van der Waals surface area contributed by atoms with Gasteiger partial charge < -0.3 is 11.1 Å². The number of amides is 1. The van der Waals surface area contributed by atoms with Crippen LogP contribution in [-0.2, 0) is 4.79 Å². The second-order valence-electron chi connectivity index (χ2n) is 3.82. The van der Waals surface area contributed by atoms with Crippen LogP contribution in [0.25, 0.3) is 0 Å². The van der Waals surface area contributed by atoms with Gasteiger partial charge in [-0.1, -0.05) is 13.3 Å². The number of carbonyl (C=O) groups is 1. The van der Waals surface area contributed by atoms with Gasteiger partial charge in [-0.3, -0.25) is 4.79 Å². The third kappa shape index (κ3) is 4.86. The molecule has 0 bridgehead atoms. The molecule has 0 aliphatic heterocycles. The van der Waals surface area contributed by atoms with Gasteiger partial charge in [-0.05, 0) is 25.0 Å². The molecule has 82 valence electrons. The Bertz CT molecular complexity index is 183. The molecule has 1 fully saturated rings. The fourth-order valence-corrected chi connectivity index (χ4v) is 2.35. The summed E-state index contributed by atoms with van der Waals surface area (Å²) in [5.41, 5.74) is 5.31. The molecular weight excluding hydrogens is 196 g/mol. The van der Waals surface area contributed by atoms with Crippen LogP contribution in [0.1, 0.15) is 32.6 Å². The fraction of sp³-hybridized carbons (Fsp3) is 0.900. The van der Waals surface area contributed by atoms with Crippen molar-refractivity contribution < 1.29 is 4.79 Å². The second-order valence-corrected chi connectivity index (χ2v) is 4.97. The van der Waals surface area contributed by atoms with E-state index >= 15 is 0 Å². The van der Waals surface area contributed by atoms with Crippen LogP contribution < -0.4 is 11.1 Å². The normalized spacial score (nSPS) is 18.1. The number of hydrogen-bond donors (Lipinski definition) is 2. The van der Waals surface area contributed by atoms with Crippen molar-refractivity contribution in [2.45, 2.75) is 44.7 Å². The lowest BCUT2D eigenvalue weighted by atomic mass is 10.3. The molecule has 1 aliphatic carbocycles. The van der Waals surface area contributed by atoms with Crippen molar-refractivity contribution in [3.05, 3.63) is 0 Å². The first-order valence-corrected chi connectivity index (χ1v) is 6.52. The van der Waals surface area contributed by atoms with E-state index in [1.807, 2.05) is 11.8 Å². The van der Waals surface area contributed by atoms with Gasteiger partial charge in [0.25, 0.3) is 0 Å². The lowest BCUT2D eigenvalue weighted by molar-refractivity contribution is -0.119. The van der Waals surface area contributed by atoms with Crippen molar-refractivity contribution in [1.29, 1.82) is 0 Å². The minimum Gasteiger partial charge on any atom is -0.368 e. The monoisotopic (exact) mass is 216 g/mol. The summed E-state index contributed by atoms with van der Waals surface area (Å²) in [7, 11) is 0. The fourth-order valence-electron chi connectivity index (χ4n) is 1.19. The number of nitrogens with one attached hydrogen (secondary N) is 1. The van der Waals surface area contributed by atoms with Gasteiger partial charge in [-0.25, -0.2) is 0 Å². The predicted molar refractivity (Wildman–Crippen MR) is 61.4 cm³/mol. The minimum atomic E-state index is -0.208. The van der Waals surface area contributed by atoms with Crippen LogP contribution in [0, 0.1) is 0 Å². The van der Waals surface area contributed by atoms with E-state index in [-0.39, 0.29) is 11.9 Å². The first kappa shape index (κ1) is 11.9. The molecule has 3 N–H and O–H groups in total. The Morgan fingerprint density at radius 2 is 2.36 bits per heavy atom. The van der Waals surface area contributed by atoms with Crippen molar-refractivity contribution in [1.82, 2.24) is 5.32 Å². The summed E-state index contributed by atoms with van der Waals surface area (Å²) in [5, 5.41) is 3.27. The molecule has 1 rings (SSSR count). The first-order chi connectivity index (χ1) is 6.74. The van der Waals surface area contributed by atoms with Crippen LogP contribution in [-0.4, -0.2) is 29.5 Å². The van der Waals surface area contributed by atoms with Gasteiger partial charge in [-0.15, -0.1) is 0 Å². The van der Waals surface area contributed by atoms with E-state index in [1.54, 1.807) is 0 Å². The topological polar surface area (TPSA) is 55.1 Å². The maximum absolute atomic E-state index is 11.1. The zero-order chi connectivity index (χ0) is 10.4. The van der Waals surface area contributed by atoms with E-state index in [1.165, 1.54) is 25.7 Å². The average Bonchev–Trinajstić information content (AvgIpc) is 2.93. The predicted octanol–water partition coefficient (Wildman–Crippen LogP) is 1.13. The van der Waals surface area contributed by atoms with Crippen LogP contribution in [0.4, 0.5) is 0 Å². The Morgan fingerprint density at radius 3 is 2.86 bits per heavy atom. The van der Waals surface area contributed by atoms with Gasteiger partial charge >= 0.3 is 0 Å². The lowest BCUT2D eigenvalue weighted by Crippen LogP contribution is -2.44. The van der Waals surface area contributed by atoms with Gasteiger partial charge in [0.15, 0.2) is 0 Å². The van der Waals surface area contributed by atoms with Gasteiger partial charge in [0.2, 0.25) is 5.91 Å². The number of hydrogen-bond acceptors (Lipinski definition) is 3. The van der Waals surface area contributed by atoms with Gasteiger partial charge in [-0.2, -0.15) is 11.8 Å². The van der Waals surface area contributed by atoms with Crippen molar-refractivity contribution in [2.75, 3.05) is 11.5 Å². The van der Waals surface area contributed by atoms with Gasteiger partial charge in [0.05, 0.1) is 6.04 Å². The van der Waals surface area contributed by atoms with E-state index in [4.69, 9.17) is 5.73 Å². The van der Waals surface area contributed by atoms with E-state index in [2.05, 4.69) is 12.2 Å². The molecule has 3 nitrogen and oxygen atoms in total. The molecular formula is C10H20N2OS. The molecule has 0 radical (unpaired) electrons. The maximum Gasteiger partial charge on any atom is 0.235 e. The van der Waals surface area contributed by atoms with E-state index in [0.717, 1.165) is 11.5 Å². The molecule has 1 amide bonds. The zero-order valence-electron chi connectivity index (χ0n) is 8.79. The molecule has 4 heteroatoms. The van der Waals surface area contributed by atoms with Gasteiger partial charge in [0.1, 0.15) is 0 Å². The van der Waals surface area contributed by atoms with E-state index in [0.29, 0.717) is 6.04 Å². The van der Waals surface area contributed by atoms with E-state index in [9.17, 15) is 4.79 Å². The van der Waals surface area contributed by atoms with Crippen LogP contribution in [0.2, 0.25) is 0 Å². The maximum atomic E-state index is 11.1. The Morgan fingerprint density at radius 1 is 1.64 bits per heavy atom. The van der Waals surface area contributed by atoms with Crippen LogP contribution in [0.15, 0.2) is 0 Å². The highest BCUT2D eigenvalue weighted by Crippen LogP contribution is 2.20. The number of unbranched alkanes of at least 4 members (excludes halogenated alkanes) is 1. The zero-order valence-corrected chi connectivity index (χ0v) is 9.61. The first-order valence-electron chi connectivity index (χ1n) is 5.37. The highest BCUT2D eigenvalue weighted by molar-refractivity contribution is 7.99. The number of primary amides is 1. The number of thioether (sulfide) groups is 1. The lowest BCUT2D eigenvalue weighted by Gasteiger charge is -2.14. The number of carbonyl (C=O) groups excluding carboxylic acids is 1. The summed E-state index contributed by atoms with van der Waals surface area (Å²) >= 11 is 1.82. The van der Waals surface area contributed by atoms with Crippen LogP contribution >= 0.6 is 11.8 Å². The molecule has 0 aromatic heterocycles. The molecule has 1 atom stereocenters. The molecule has 0 aromatic carbocycles. The summed E-state index contributed by atoms with van der Waals surface area (Å²) < 4.78 is 0. The highest BCUT2D eigenvalue weighted by atomic mass is 32.2. The minimum absolute atomic E-state index is 0.121. The number of rotatable bonds is 8. The Labute approximate surface area is 90.2 Å². The molecule has 14 heavy (non-hydrogen) atoms. The SMILES string of the molecule is CCCCSCC(NC1CC1)C(N)=O. The molecule has 0 heterocycles. The summed E-state index contributed by atoms with van der Waals surface area (Å²) in [5.74, 6) is 1.75. The van der Waals surface area contributed by atoms with Crippen LogP contribution in [0.5, 0.6) is 0 Å². The smallest absolute Gasteiger partial charge is 0.235 e. The molecule has 1 unspecified atom stereocenters. The molecule has 0 aromatic rings. The Balaban J connectivity index is 2.10. The molecule has 1 saturated carbocycles. The standard InChI is InChI=1S/C10H20N2OS/c1-2-3-6-14-7-9(10(11)13)12-8-4-5-8/h8-9,12H,2-7H2,1H3,(H2,11,13). The average molecular weight is 216 g/mol. The quantitative estimate of drug-likeness (QED) is 0.598. The molecule has 0 saturated heterocycles. The van der Waals surface area contributed by atoms with Crippen molar-refractivity contribution in [3.63, 3.8) is 0 Å². The summed E-state index contributed by atoms with van der Waals surface area (Å²) in [4.78, 5) is 11.1. The molecule has 0 spiro atoms. The van der Waals surface area contributed by atoms with E-state index < -0.39 is 0 Å². The van der Waals surface area contributed by atoms with Gasteiger partial charge in [0, 0.05) is 11.8 Å². The Kier molecular flexibility index (Phi) is 5.33. The summed E-state index contributed by atoms with van der Waals surface area (Å²) in [6.45, 7) is 2.18. The third-order valence-electron chi connectivity index (χ3n) is 2.28. The largest absolute Gasteiger partial charge is 0.368 e. The molecule has 1 aliphatic rings. The summed E-state index contributed by atoms with van der Waals surface area (Å²) in [6.07, 6.45) is 4.83. The summed E-state index contributed by atoms with van der Waals surface area (Å²) in [6, 6.07) is 0.434. The highest BCUT2D eigenvalue weighted by Gasteiger charge is 2.26. The van der Waals surface area contributed by atoms with Crippen molar-refractivity contribution in [3.8, 4) is 0 Å².